The molecule has 1 aromatic heterocycles. The molecule has 0 unspecified atom stereocenters. The zero-order chi connectivity index (χ0) is 17.3. The van der Waals surface area contributed by atoms with Crippen LogP contribution >= 0.6 is 11.6 Å². The molecule has 0 aromatic carbocycles. The van der Waals surface area contributed by atoms with Gasteiger partial charge in [-0.15, -0.1) is 0 Å². The average Bonchev–Trinajstić information content (AvgIpc) is 3.12. The summed E-state index contributed by atoms with van der Waals surface area (Å²) in [6, 6.07) is 3.17. The summed E-state index contributed by atoms with van der Waals surface area (Å²) in [6.45, 7) is 8.07. The van der Waals surface area contributed by atoms with Crippen LogP contribution in [0.4, 0.5) is 0 Å². The zero-order valence-electron chi connectivity index (χ0n) is 14.2. The van der Waals surface area contributed by atoms with Gasteiger partial charge in [0.2, 0.25) is 0 Å². The Bertz CT molecular complexity index is 569. The molecule has 3 rings (SSSR count). The number of rotatable bonds is 4. The van der Waals surface area contributed by atoms with Crippen LogP contribution in [0, 0.1) is 11.8 Å². The fraction of sp³-hybridized carbons (Fsp3) is 0.706. The Labute approximate surface area is 147 Å². The van der Waals surface area contributed by atoms with Crippen molar-refractivity contribution in [2.45, 2.75) is 26.1 Å². The quantitative estimate of drug-likeness (QED) is 0.889. The molecule has 4 atom stereocenters. The lowest BCUT2D eigenvalue weighted by Crippen LogP contribution is -2.48. The summed E-state index contributed by atoms with van der Waals surface area (Å²) in [4.78, 5) is 16.7. The fourth-order valence-electron chi connectivity index (χ4n) is 3.87. The van der Waals surface area contributed by atoms with Crippen LogP contribution in [0.25, 0.3) is 0 Å². The molecule has 134 valence electrons. The van der Waals surface area contributed by atoms with Crippen molar-refractivity contribution in [1.29, 1.82) is 0 Å². The molecule has 3 heterocycles. The van der Waals surface area contributed by atoms with Gasteiger partial charge in [0.15, 0.2) is 11.0 Å². The third kappa shape index (κ3) is 3.94. The lowest BCUT2D eigenvalue weighted by Gasteiger charge is -2.37. The summed E-state index contributed by atoms with van der Waals surface area (Å²) in [5.41, 5.74) is 0. The number of hydrogen-bond acceptors (Lipinski definition) is 5. The number of aliphatic hydroxyl groups is 1. The molecule has 0 saturated carbocycles. The third-order valence-corrected chi connectivity index (χ3v) is 5.07. The SMILES string of the molecule is C[C@@H]1CN(C[C@@H]2CN(C(=O)c3ccc(Cl)o3)C[C@@H]2CO)C[C@H](C)O1. The van der Waals surface area contributed by atoms with Gasteiger partial charge in [-0.25, -0.2) is 0 Å². The van der Waals surface area contributed by atoms with E-state index in [4.69, 9.17) is 20.8 Å². The van der Waals surface area contributed by atoms with E-state index in [2.05, 4.69) is 18.7 Å². The van der Waals surface area contributed by atoms with E-state index in [9.17, 15) is 9.90 Å². The maximum atomic E-state index is 12.5. The van der Waals surface area contributed by atoms with Crippen LogP contribution < -0.4 is 0 Å². The van der Waals surface area contributed by atoms with Gasteiger partial charge in [-0.3, -0.25) is 9.69 Å². The third-order valence-electron chi connectivity index (χ3n) is 4.87. The largest absolute Gasteiger partial charge is 0.440 e. The van der Waals surface area contributed by atoms with Crippen molar-refractivity contribution in [3.05, 3.63) is 23.1 Å². The topological polar surface area (TPSA) is 66.2 Å². The van der Waals surface area contributed by atoms with Gasteiger partial charge in [0, 0.05) is 45.2 Å². The number of halogens is 1. The van der Waals surface area contributed by atoms with E-state index in [1.54, 1.807) is 17.0 Å². The normalized spacial score (nSPS) is 31.6. The molecule has 2 aliphatic rings. The standard InChI is InChI=1S/C17H25ClN2O4/c1-11-5-19(6-12(2)23-11)7-13-8-20(9-14(13)10-21)17(22)15-3-4-16(18)24-15/h3-4,11-14,21H,5-10H2,1-2H3/t11-,12+,13-,14-/m1/s1. The van der Waals surface area contributed by atoms with Gasteiger partial charge in [0.25, 0.3) is 5.91 Å². The first-order chi connectivity index (χ1) is 11.5. The maximum Gasteiger partial charge on any atom is 0.289 e. The number of likely N-dealkylation sites (tertiary alicyclic amines) is 1. The Kier molecular flexibility index (Phi) is 5.49. The second kappa shape index (κ2) is 7.44. The van der Waals surface area contributed by atoms with E-state index < -0.39 is 0 Å². The smallest absolute Gasteiger partial charge is 0.289 e. The van der Waals surface area contributed by atoms with Crippen LogP contribution in [-0.4, -0.2) is 72.4 Å². The number of carbonyl (C=O) groups excluding carboxylic acids is 1. The molecule has 1 amide bonds. The van der Waals surface area contributed by atoms with Crippen LogP contribution in [-0.2, 0) is 4.74 Å². The minimum atomic E-state index is -0.161. The summed E-state index contributed by atoms with van der Waals surface area (Å²) in [5, 5.41) is 9.93. The van der Waals surface area contributed by atoms with E-state index >= 15 is 0 Å². The van der Waals surface area contributed by atoms with Crippen molar-refractivity contribution < 1.29 is 19.1 Å². The number of nitrogens with zero attached hydrogens (tertiary/aromatic N) is 2. The molecule has 24 heavy (non-hydrogen) atoms. The van der Waals surface area contributed by atoms with Crippen molar-refractivity contribution in [1.82, 2.24) is 9.80 Å². The van der Waals surface area contributed by atoms with Crippen molar-refractivity contribution in [3.63, 3.8) is 0 Å². The first-order valence-electron chi connectivity index (χ1n) is 8.49. The second-order valence-electron chi connectivity index (χ2n) is 6.99. The van der Waals surface area contributed by atoms with E-state index in [1.807, 2.05) is 0 Å². The van der Waals surface area contributed by atoms with E-state index in [1.165, 1.54) is 0 Å². The minimum absolute atomic E-state index is 0.0861. The molecular formula is C17H25ClN2O4. The van der Waals surface area contributed by atoms with Gasteiger partial charge in [-0.05, 0) is 43.5 Å². The zero-order valence-corrected chi connectivity index (χ0v) is 14.9. The van der Waals surface area contributed by atoms with Crippen molar-refractivity contribution in [2.24, 2.45) is 11.8 Å². The van der Waals surface area contributed by atoms with E-state index in [0.717, 1.165) is 19.6 Å². The van der Waals surface area contributed by atoms with Gasteiger partial charge in [0.1, 0.15) is 0 Å². The van der Waals surface area contributed by atoms with Crippen LogP contribution in [0.2, 0.25) is 5.22 Å². The van der Waals surface area contributed by atoms with Crippen LogP contribution in [0.3, 0.4) is 0 Å². The van der Waals surface area contributed by atoms with Crippen molar-refractivity contribution in [2.75, 3.05) is 39.3 Å². The Balaban J connectivity index is 1.63. The summed E-state index contributed by atoms with van der Waals surface area (Å²) in [6.07, 6.45) is 0.427. The van der Waals surface area contributed by atoms with Crippen molar-refractivity contribution >= 4 is 17.5 Å². The molecule has 1 N–H and O–H groups in total. The number of morpholine rings is 1. The number of carbonyl (C=O) groups is 1. The van der Waals surface area contributed by atoms with E-state index in [-0.39, 0.29) is 47.5 Å². The monoisotopic (exact) mass is 356 g/mol. The summed E-state index contributed by atoms with van der Waals surface area (Å²) < 4.78 is 11.0. The molecule has 0 radical (unpaired) electrons. The van der Waals surface area contributed by atoms with E-state index in [0.29, 0.717) is 13.1 Å². The molecule has 2 saturated heterocycles. The summed E-state index contributed by atoms with van der Waals surface area (Å²) >= 11 is 5.76. The molecule has 0 aliphatic carbocycles. The number of amides is 1. The predicted molar refractivity (Wildman–Crippen MR) is 90.1 cm³/mol. The first kappa shape index (κ1) is 17.7. The van der Waals surface area contributed by atoms with Gasteiger partial charge in [-0.1, -0.05) is 0 Å². The minimum Gasteiger partial charge on any atom is -0.440 e. The highest BCUT2D eigenvalue weighted by atomic mass is 35.5. The van der Waals surface area contributed by atoms with Gasteiger partial charge < -0.3 is 19.2 Å². The highest BCUT2D eigenvalue weighted by Crippen LogP contribution is 2.27. The van der Waals surface area contributed by atoms with Crippen LogP contribution in [0.5, 0.6) is 0 Å². The second-order valence-corrected chi connectivity index (χ2v) is 7.37. The van der Waals surface area contributed by atoms with Crippen LogP contribution in [0.1, 0.15) is 24.4 Å². The molecular weight excluding hydrogens is 332 g/mol. The predicted octanol–water partition coefficient (Wildman–Crippen LogP) is 1.72. The number of aliphatic hydroxyl groups excluding tert-OH is 1. The molecule has 2 aliphatic heterocycles. The summed E-state index contributed by atoms with van der Waals surface area (Å²) in [5.74, 6) is 0.437. The Hall–Kier alpha value is -1.08. The molecule has 2 fully saturated rings. The number of hydrogen-bond donors (Lipinski definition) is 1. The lowest BCUT2D eigenvalue weighted by atomic mass is 9.96. The molecule has 6 nitrogen and oxygen atoms in total. The average molecular weight is 357 g/mol. The lowest BCUT2D eigenvalue weighted by molar-refractivity contribution is -0.0726. The summed E-state index contributed by atoms with van der Waals surface area (Å²) in [7, 11) is 0. The van der Waals surface area contributed by atoms with Crippen LogP contribution in [0.15, 0.2) is 16.5 Å². The number of ether oxygens (including phenoxy) is 1. The molecule has 0 bridgehead atoms. The highest BCUT2D eigenvalue weighted by molar-refractivity contribution is 6.29. The van der Waals surface area contributed by atoms with Gasteiger partial charge in [-0.2, -0.15) is 0 Å². The highest BCUT2D eigenvalue weighted by Gasteiger charge is 2.37. The van der Waals surface area contributed by atoms with Gasteiger partial charge >= 0.3 is 0 Å². The van der Waals surface area contributed by atoms with Crippen molar-refractivity contribution in [3.8, 4) is 0 Å². The molecule has 7 heteroatoms. The first-order valence-corrected chi connectivity index (χ1v) is 8.87. The van der Waals surface area contributed by atoms with Gasteiger partial charge in [0.05, 0.1) is 12.2 Å². The molecule has 0 spiro atoms. The molecule has 1 aromatic rings. The Morgan fingerprint density at radius 1 is 1.21 bits per heavy atom. The number of furan rings is 1. The Morgan fingerprint density at radius 2 is 1.88 bits per heavy atom. The fourth-order valence-corrected chi connectivity index (χ4v) is 4.01. The Morgan fingerprint density at radius 3 is 2.46 bits per heavy atom. The maximum absolute atomic E-state index is 12.5.